The summed E-state index contributed by atoms with van der Waals surface area (Å²) >= 11 is 6.20. The van der Waals surface area contributed by atoms with E-state index in [4.69, 9.17) is 16.3 Å². The molecule has 4 rings (SSSR count). The molecule has 2 heterocycles. The molecule has 1 amide bonds. The van der Waals surface area contributed by atoms with Gasteiger partial charge in [0.2, 0.25) is 5.95 Å². The molecule has 1 aliphatic heterocycles. The highest BCUT2D eigenvalue weighted by molar-refractivity contribution is 6.30. The number of nitrogens with one attached hydrogen (secondary N) is 2. The molecule has 3 aromatic rings. The normalized spacial score (nSPS) is 15.5. The highest BCUT2D eigenvalue weighted by Crippen LogP contribution is 2.36. The summed E-state index contributed by atoms with van der Waals surface area (Å²) in [4.78, 5) is 13.4. The maximum absolute atomic E-state index is 13.4. The second-order valence-corrected chi connectivity index (χ2v) is 6.89. The third kappa shape index (κ3) is 3.66. The second kappa shape index (κ2) is 7.92. The van der Waals surface area contributed by atoms with Crippen molar-refractivity contribution in [3.05, 3.63) is 70.4 Å². The van der Waals surface area contributed by atoms with Crippen LogP contribution in [-0.4, -0.2) is 32.7 Å². The zero-order chi connectivity index (χ0) is 20.4. The van der Waals surface area contributed by atoms with Crippen molar-refractivity contribution < 1.29 is 9.53 Å². The average Bonchev–Trinajstić information content (AvgIpc) is 3.16. The molecule has 8 nitrogen and oxygen atoms in total. The number of amides is 1. The Labute approximate surface area is 172 Å². The number of allylic oxidation sites excluding steroid dienone is 1. The van der Waals surface area contributed by atoms with Gasteiger partial charge in [-0.05, 0) is 54.1 Å². The quantitative estimate of drug-likeness (QED) is 0.666. The van der Waals surface area contributed by atoms with Gasteiger partial charge in [-0.1, -0.05) is 41.0 Å². The molecule has 0 saturated carbocycles. The van der Waals surface area contributed by atoms with Gasteiger partial charge in [0.05, 0.1) is 17.9 Å². The van der Waals surface area contributed by atoms with Crippen LogP contribution >= 0.6 is 11.6 Å². The Morgan fingerprint density at radius 3 is 2.90 bits per heavy atom. The number of carbonyl (C=O) groups excluding carboxylic acids is 1. The lowest BCUT2D eigenvalue weighted by Crippen LogP contribution is -2.31. The molecule has 9 heteroatoms. The molecular weight excluding hydrogens is 392 g/mol. The van der Waals surface area contributed by atoms with Gasteiger partial charge in [-0.15, -0.1) is 0 Å². The van der Waals surface area contributed by atoms with Crippen molar-refractivity contribution in [3.63, 3.8) is 0 Å². The van der Waals surface area contributed by atoms with Gasteiger partial charge in [0.1, 0.15) is 11.8 Å². The summed E-state index contributed by atoms with van der Waals surface area (Å²) in [7, 11) is 0. The van der Waals surface area contributed by atoms with E-state index in [1.54, 1.807) is 22.9 Å². The van der Waals surface area contributed by atoms with Crippen molar-refractivity contribution in [2.45, 2.75) is 19.9 Å². The summed E-state index contributed by atoms with van der Waals surface area (Å²) in [5, 5.41) is 18.4. The Kier molecular flexibility index (Phi) is 5.18. The summed E-state index contributed by atoms with van der Waals surface area (Å²) in [6, 6.07) is 14.1. The van der Waals surface area contributed by atoms with Crippen LogP contribution in [0.5, 0.6) is 5.75 Å². The summed E-state index contributed by atoms with van der Waals surface area (Å²) in [6.07, 6.45) is 0. The standard InChI is InChI=1S/C20H19ClN6O2/c1-3-29-16-10-5-4-9-15(16)23-19(28)17-12(2)22-20-24-25-26-27(20)18(17)13-7-6-8-14(21)11-13/h4-11,18H,3H2,1-2H3,(H,23,28)(H,22,24,26). The highest BCUT2D eigenvalue weighted by atomic mass is 35.5. The summed E-state index contributed by atoms with van der Waals surface area (Å²) in [5.41, 5.74) is 2.53. The van der Waals surface area contributed by atoms with E-state index in [1.165, 1.54) is 0 Å². The van der Waals surface area contributed by atoms with Crippen molar-refractivity contribution in [2.75, 3.05) is 17.2 Å². The molecule has 1 unspecified atom stereocenters. The largest absolute Gasteiger partial charge is 0.492 e. The highest BCUT2D eigenvalue weighted by Gasteiger charge is 2.34. The van der Waals surface area contributed by atoms with E-state index in [0.29, 0.717) is 40.3 Å². The molecule has 1 aliphatic rings. The van der Waals surface area contributed by atoms with Crippen LogP contribution in [0.25, 0.3) is 0 Å². The Bertz CT molecular complexity index is 1090. The minimum Gasteiger partial charge on any atom is -0.492 e. The number of carbonyl (C=O) groups is 1. The van der Waals surface area contributed by atoms with Gasteiger partial charge in [0.25, 0.3) is 5.91 Å². The van der Waals surface area contributed by atoms with Crippen LogP contribution in [0.4, 0.5) is 11.6 Å². The molecule has 0 bridgehead atoms. The topological polar surface area (TPSA) is 94.0 Å². The Hall–Kier alpha value is -3.39. The number of anilines is 2. The van der Waals surface area contributed by atoms with Crippen LogP contribution < -0.4 is 15.4 Å². The number of tetrazole rings is 1. The van der Waals surface area contributed by atoms with Crippen molar-refractivity contribution in [2.24, 2.45) is 0 Å². The third-order valence-corrected chi connectivity index (χ3v) is 4.79. The lowest BCUT2D eigenvalue weighted by atomic mass is 9.95. The van der Waals surface area contributed by atoms with Crippen molar-refractivity contribution in [3.8, 4) is 5.75 Å². The molecule has 1 aromatic heterocycles. The first kappa shape index (κ1) is 18.9. The van der Waals surface area contributed by atoms with E-state index < -0.39 is 6.04 Å². The van der Waals surface area contributed by atoms with Crippen molar-refractivity contribution in [1.29, 1.82) is 0 Å². The molecule has 2 aromatic carbocycles. The maximum atomic E-state index is 13.4. The summed E-state index contributed by atoms with van der Waals surface area (Å²) in [6.45, 7) is 4.21. The summed E-state index contributed by atoms with van der Waals surface area (Å²) in [5.74, 6) is 0.778. The van der Waals surface area contributed by atoms with E-state index >= 15 is 0 Å². The van der Waals surface area contributed by atoms with E-state index in [2.05, 4.69) is 26.2 Å². The second-order valence-electron chi connectivity index (χ2n) is 6.45. The first-order valence-corrected chi connectivity index (χ1v) is 9.50. The molecule has 0 radical (unpaired) electrons. The van der Waals surface area contributed by atoms with Crippen molar-refractivity contribution >= 4 is 29.1 Å². The van der Waals surface area contributed by atoms with Gasteiger partial charge in [-0.3, -0.25) is 4.79 Å². The number of rotatable bonds is 5. The first-order chi connectivity index (χ1) is 14.1. The number of ether oxygens (including phenoxy) is 1. The number of halogens is 1. The predicted molar refractivity (Wildman–Crippen MR) is 110 cm³/mol. The summed E-state index contributed by atoms with van der Waals surface area (Å²) < 4.78 is 7.19. The zero-order valence-electron chi connectivity index (χ0n) is 15.9. The van der Waals surface area contributed by atoms with E-state index in [9.17, 15) is 4.79 Å². The minimum absolute atomic E-state index is 0.284. The minimum atomic E-state index is -0.529. The molecule has 148 valence electrons. The fraction of sp³-hybridized carbons (Fsp3) is 0.200. The third-order valence-electron chi connectivity index (χ3n) is 4.56. The maximum Gasteiger partial charge on any atom is 0.255 e. The monoisotopic (exact) mass is 410 g/mol. The molecule has 1 atom stereocenters. The van der Waals surface area contributed by atoms with Gasteiger partial charge < -0.3 is 15.4 Å². The van der Waals surface area contributed by atoms with E-state index in [-0.39, 0.29) is 5.91 Å². The number of aromatic nitrogens is 4. The first-order valence-electron chi connectivity index (χ1n) is 9.12. The number of nitrogens with zero attached hydrogens (tertiary/aromatic N) is 4. The number of fused-ring (bicyclic) bond motifs is 1. The molecule has 0 fully saturated rings. The zero-order valence-corrected chi connectivity index (χ0v) is 16.6. The smallest absolute Gasteiger partial charge is 0.255 e. The van der Waals surface area contributed by atoms with Crippen molar-refractivity contribution in [1.82, 2.24) is 20.2 Å². The van der Waals surface area contributed by atoms with Gasteiger partial charge in [-0.25, -0.2) is 0 Å². The van der Waals surface area contributed by atoms with Gasteiger partial charge in [0.15, 0.2) is 0 Å². The number of benzene rings is 2. The van der Waals surface area contributed by atoms with Crippen LogP contribution in [0.3, 0.4) is 0 Å². The SMILES string of the molecule is CCOc1ccccc1NC(=O)C1=C(C)Nc2nnnn2C1c1cccc(Cl)c1. The van der Waals surface area contributed by atoms with Crippen LogP contribution in [-0.2, 0) is 4.79 Å². The number of para-hydroxylation sites is 2. The van der Waals surface area contributed by atoms with Crippen LogP contribution in [0, 0.1) is 0 Å². The molecule has 0 saturated heterocycles. The lowest BCUT2D eigenvalue weighted by molar-refractivity contribution is -0.113. The molecule has 0 aliphatic carbocycles. The average molecular weight is 411 g/mol. The van der Waals surface area contributed by atoms with Crippen LogP contribution in [0.2, 0.25) is 5.02 Å². The fourth-order valence-corrected chi connectivity index (χ4v) is 3.53. The predicted octanol–water partition coefficient (Wildman–Crippen LogP) is 3.65. The van der Waals surface area contributed by atoms with Gasteiger partial charge >= 0.3 is 0 Å². The van der Waals surface area contributed by atoms with Gasteiger partial charge in [-0.2, -0.15) is 4.68 Å². The Balaban J connectivity index is 1.75. The molecular formula is C20H19ClN6O2. The lowest BCUT2D eigenvalue weighted by Gasteiger charge is -2.28. The molecule has 2 N–H and O–H groups in total. The molecule has 0 spiro atoms. The van der Waals surface area contributed by atoms with Gasteiger partial charge in [0, 0.05) is 10.7 Å². The fourth-order valence-electron chi connectivity index (χ4n) is 3.33. The molecule has 29 heavy (non-hydrogen) atoms. The Morgan fingerprint density at radius 1 is 1.28 bits per heavy atom. The Morgan fingerprint density at radius 2 is 2.10 bits per heavy atom. The van der Waals surface area contributed by atoms with E-state index in [0.717, 1.165) is 5.56 Å². The van der Waals surface area contributed by atoms with E-state index in [1.807, 2.05) is 44.2 Å². The van der Waals surface area contributed by atoms with Crippen LogP contribution in [0.15, 0.2) is 59.8 Å². The number of hydrogen-bond acceptors (Lipinski definition) is 6. The van der Waals surface area contributed by atoms with Crippen LogP contribution in [0.1, 0.15) is 25.5 Å². The number of hydrogen-bond donors (Lipinski definition) is 2.